The van der Waals surface area contributed by atoms with Gasteiger partial charge >= 0.3 is 6.09 Å². The van der Waals surface area contributed by atoms with Crippen LogP contribution in [0.15, 0.2) is 28.7 Å². The van der Waals surface area contributed by atoms with Gasteiger partial charge in [-0.15, -0.1) is 0 Å². The van der Waals surface area contributed by atoms with Crippen molar-refractivity contribution in [3.05, 3.63) is 35.2 Å². The maximum atomic E-state index is 13.7. The molecule has 2 aliphatic rings. The number of nitrogens with zero attached hydrogens (tertiary/aromatic N) is 1. The van der Waals surface area contributed by atoms with Gasteiger partial charge in [0, 0.05) is 24.8 Å². The molecule has 26 heavy (non-hydrogen) atoms. The van der Waals surface area contributed by atoms with Gasteiger partial charge in [-0.05, 0) is 57.4 Å². The molecule has 1 aromatic carbocycles. The van der Waals surface area contributed by atoms with E-state index in [2.05, 4.69) is 0 Å². The first-order chi connectivity index (χ1) is 11.9. The van der Waals surface area contributed by atoms with Gasteiger partial charge in [-0.2, -0.15) is 0 Å². The molecule has 1 saturated carbocycles. The molecule has 0 atom stereocenters. The number of hydrogen-bond donors (Lipinski definition) is 0. The fourth-order valence-corrected chi connectivity index (χ4v) is 4.25. The molecule has 142 valence electrons. The van der Waals surface area contributed by atoms with E-state index in [1.165, 1.54) is 12.1 Å². The monoisotopic (exact) mass is 381 g/mol. The lowest BCUT2D eigenvalue weighted by molar-refractivity contribution is -0.0498. The van der Waals surface area contributed by atoms with Crippen molar-refractivity contribution in [3.8, 4) is 0 Å². The molecule has 0 radical (unpaired) electrons. The highest BCUT2D eigenvalue weighted by Crippen LogP contribution is 2.52. The molecule has 1 aromatic rings. The van der Waals surface area contributed by atoms with Gasteiger partial charge in [0.15, 0.2) is 9.84 Å². The Balaban J connectivity index is 1.61. The molecule has 1 saturated heterocycles. The molecule has 7 heteroatoms. The maximum absolute atomic E-state index is 13.7. The van der Waals surface area contributed by atoms with E-state index in [4.69, 9.17) is 4.74 Å². The lowest BCUT2D eigenvalue weighted by atomic mass is 9.60. The molecule has 0 unspecified atom stereocenters. The van der Waals surface area contributed by atoms with Crippen molar-refractivity contribution >= 4 is 22.0 Å². The summed E-state index contributed by atoms with van der Waals surface area (Å²) in [5.41, 5.74) is 1.28. The number of carbonyl (C=O) groups is 1. The summed E-state index contributed by atoms with van der Waals surface area (Å²) in [7, 11) is -3.45. The van der Waals surface area contributed by atoms with E-state index < -0.39 is 21.3 Å². The largest absolute Gasteiger partial charge is 0.444 e. The van der Waals surface area contributed by atoms with Crippen molar-refractivity contribution in [2.75, 3.05) is 19.3 Å². The first kappa shape index (κ1) is 18.9. The van der Waals surface area contributed by atoms with Crippen LogP contribution in [-0.2, 0) is 14.6 Å². The summed E-state index contributed by atoms with van der Waals surface area (Å²) in [5, 5.41) is 0. The highest BCUT2D eigenvalue weighted by molar-refractivity contribution is 7.90. The quantitative estimate of drug-likeness (QED) is 0.785. The number of amides is 1. The topological polar surface area (TPSA) is 63.7 Å². The molecule has 1 heterocycles. The highest BCUT2D eigenvalue weighted by Gasteiger charge is 2.52. The third-order valence-electron chi connectivity index (χ3n) is 4.60. The van der Waals surface area contributed by atoms with Crippen molar-refractivity contribution in [2.24, 2.45) is 5.41 Å². The summed E-state index contributed by atoms with van der Waals surface area (Å²) in [5.74, 6) is -0.562. The second-order valence-corrected chi connectivity index (χ2v) is 10.5. The average Bonchev–Trinajstić information content (AvgIpc) is 2.36. The van der Waals surface area contributed by atoms with Crippen molar-refractivity contribution in [3.63, 3.8) is 0 Å². The zero-order valence-corrected chi connectivity index (χ0v) is 16.3. The third-order valence-corrected chi connectivity index (χ3v) is 5.69. The number of allylic oxidation sites excluding steroid dienone is 1. The van der Waals surface area contributed by atoms with Crippen LogP contribution in [-0.4, -0.2) is 44.4 Å². The molecule has 0 aromatic heterocycles. The number of sulfone groups is 1. The number of hydrogen-bond acceptors (Lipinski definition) is 4. The van der Waals surface area contributed by atoms with Crippen LogP contribution in [0.2, 0.25) is 0 Å². The highest BCUT2D eigenvalue weighted by atomic mass is 32.2. The van der Waals surface area contributed by atoms with Crippen LogP contribution < -0.4 is 0 Å². The molecule has 5 nitrogen and oxygen atoms in total. The number of halogens is 1. The van der Waals surface area contributed by atoms with Gasteiger partial charge in [0.25, 0.3) is 0 Å². The minimum atomic E-state index is -3.45. The number of rotatable bonds is 2. The smallest absolute Gasteiger partial charge is 0.410 e. The van der Waals surface area contributed by atoms with Crippen LogP contribution in [0.25, 0.3) is 6.08 Å². The van der Waals surface area contributed by atoms with Crippen molar-refractivity contribution in [1.82, 2.24) is 4.90 Å². The molecule has 1 spiro atoms. The molecule has 1 aliphatic carbocycles. The van der Waals surface area contributed by atoms with Gasteiger partial charge in [0.05, 0.1) is 4.90 Å². The molecule has 3 rings (SSSR count). The first-order valence-corrected chi connectivity index (χ1v) is 10.4. The summed E-state index contributed by atoms with van der Waals surface area (Å²) in [6.07, 6.45) is 4.28. The first-order valence-electron chi connectivity index (χ1n) is 8.53. The number of carbonyl (C=O) groups excluding carboxylic acids is 1. The van der Waals surface area contributed by atoms with E-state index in [1.54, 1.807) is 4.90 Å². The summed E-state index contributed by atoms with van der Waals surface area (Å²) < 4.78 is 42.3. The number of ether oxygens (including phenoxy) is 1. The van der Waals surface area contributed by atoms with E-state index in [1.807, 2.05) is 26.8 Å². The minimum absolute atomic E-state index is 0.0156. The predicted molar refractivity (Wildman–Crippen MR) is 97.0 cm³/mol. The lowest BCUT2D eigenvalue weighted by Gasteiger charge is -2.56. The maximum Gasteiger partial charge on any atom is 0.410 e. The van der Waals surface area contributed by atoms with Crippen LogP contribution in [0.4, 0.5) is 9.18 Å². The molecular formula is C19H24FNO4S. The zero-order valence-electron chi connectivity index (χ0n) is 15.5. The van der Waals surface area contributed by atoms with Crippen molar-refractivity contribution < 1.29 is 22.3 Å². The lowest BCUT2D eigenvalue weighted by Crippen LogP contribution is -2.62. The SMILES string of the molecule is CC(C)(C)OC(=O)N1CC2(CC(=Cc3cc(F)cc(S(C)(=O)=O)c3)C2)C1. The van der Waals surface area contributed by atoms with Crippen LogP contribution in [0.5, 0.6) is 0 Å². The van der Waals surface area contributed by atoms with Gasteiger partial charge in [0.1, 0.15) is 11.4 Å². The van der Waals surface area contributed by atoms with E-state index in [9.17, 15) is 17.6 Å². The Morgan fingerprint density at radius 3 is 2.38 bits per heavy atom. The fraction of sp³-hybridized carbons (Fsp3) is 0.526. The third kappa shape index (κ3) is 4.09. The van der Waals surface area contributed by atoms with Gasteiger partial charge in [0.2, 0.25) is 0 Å². The number of benzene rings is 1. The fourth-order valence-electron chi connectivity index (χ4n) is 3.57. The average molecular weight is 381 g/mol. The standard InChI is InChI=1S/C19H24FNO4S/c1-18(2,3)25-17(22)21-11-19(12-21)9-14(10-19)5-13-6-15(20)8-16(7-13)26(4,23)24/h5-8H,9-12H2,1-4H3. The molecule has 2 fully saturated rings. The van der Waals surface area contributed by atoms with Crippen LogP contribution in [0.1, 0.15) is 39.2 Å². The number of likely N-dealkylation sites (tertiary alicyclic amines) is 1. The van der Waals surface area contributed by atoms with Crippen molar-refractivity contribution in [2.45, 2.75) is 44.1 Å². The van der Waals surface area contributed by atoms with Crippen molar-refractivity contribution in [1.29, 1.82) is 0 Å². The van der Waals surface area contributed by atoms with E-state index in [-0.39, 0.29) is 16.4 Å². The molecule has 1 amide bonds. The molecule has 1 aliphatic heterocycles. The Morgan fingerprint density at radius 2 is 1.85 bits per heavy atom. The predicted octanol–water partition coefficient (Wildman–Crippen LogP) is 3.64. The van der Waals surface area contributed by atoms with Gasteiger partial charge < -0.3 is 9.64 Å². The van der Waals surface area contributed by atoms with Gasteiger partial charge in [-0.25, -0.2) is 17.6 Å². The normalized spacial score (nSPS) is 19.0. The van der Waals surface area contributed by atoms with Crippen LogP contribution in [0, 0.1) is 11.2 Å². The Labute approximate surface area is 153 Å². The van der Waals surface area contributed by atoms with E-state index in [0.717, 1.165) is 30.7 Å². The zero-order chi connectivity index (χ0) is 19.3. The second-order valence-electron chi connectivity index (χ2n) is 8.48. The Bertz CT molecular complexity index is 867. The molecule has 0 N–H and O–H groups in total. The summed E-state index contributed by atoms with van der Waals surface area (Å²) in [4.78, 5) is 13.7. The Hall–Kier alpha value is -1.89. The van der Waals surface area contributed by atoms with Crippen LogP contribution >= 0.6 is 0 Å². The van der Waals surface area contributed by atoms with Gasteiger partial charge in [-0.1, -0.05) is 11.6 Å². The Morgan fingerprint density at radius 1 is 1.23 bits per heavy atom. The van der Waals surface area contributed by atoms with E-state index >= 15 is 0 Å². The van der Waals surface area contributed by atoms with E-state index in [0.29, 0.717) is 18.7 Å². The summed E-state index contributed by atoms with van der Waals surface area (Å²) in [6.45, 7) is 6.85. The second kappa shape index (κ2) is 6.08. The van der Waals surface area contributed by atoms with Crippen LogP contribution in [0.3, 0.4) is 0 Å². The Kier molecular flexibility index (Phi) is 4.42. The summed E-state index contributed by atoms with van der Waals surface area (Å²) >= 11 is 0. The molecule has 0 bridgehead atoms. The van der Waals surface area contributed by atoms with Gasteiger partial charge in [-0.3, -0.25) is 0 Å². The summed E-state index contributed by atoms with van der Waals surface area (Å²) in [6, 6.07) is 3.86. The minimum Gasteiger partial charge on any atom is -0.444 e. The molecular weight excluding hydrogens is 357 g/mol.